The van der Waals surface area contributed by atoms with E-state index in [4.69, 9.17) is 21.2 Å². The Kier molecular flexibility index (Phi) is 6.88. The van der Waals surface area contributed by atoms with Crippen LogP contribution in [0.15, 0.2) is 70.0 Å². The lowest BCUT2D eigenvalue weighted by Gasteiger charge is -2.27. The summed E-state index contributed by atoms with van der Waals surface area (Å²) in [4.78, 5) is 74.4. The third-order valence-corrected chi connectivity index (χ3v) is 9.95. The van der Waals surface area contributed by atoms with Crippen molar-refractivity contribution in [3.05, 3.63) is 140 Å². The molecule has 0 aliphatic heterocycles. The topological polar surface area (TPSA) is 193 Å². The molecule has 2 aromatic carbocycles. The number of rotatable bonds is 5. The minimum atomic E-state index is -2.02. The Labute approximate surface area is 274 Å². The first-order chi connectivity index (χ1) is 22.4. The van der Waals surface area contributed by atoms with Crippen LogP contribution in [0.1, 0.15) is 28.8 Å². The highest BCUT2D eigenvalue weighted by Crippen LogP contribution is 2.56. The van der Waals surface area contributed by atoms with E-state index < -0.39 is 76.6 Å². The number of aliphatic hydroxyl groups excluding tert-OH is 2. The second kappa shape index (κ2) is 10.6. The molecule has 4 N–H and O–H groups in total. The van der Waals surface area contributed by atoms with Gasteiger partial charge in [0.2, 0.25) is 16.3 Å². The average Bonchev–Trinajstić information content (AvgIpc) is 3.55. The van der Waals surface area contributed by atoms with Crippen LogP contribution in [0.2, 0.25) is 5.02 Å². The van der Waals surface area contributed by atoms with Gasteiger partial charge in [0, 0.05) is 26.5 Å². The number of phenols is 1. The van der Waals surface area contributed by atoms with Gasteiger partial charge >= 0.3 is 0 Å². The molecule has 1 aromatic heterocycles. The van der Waals surface area contributed by atoms with Crippen molar-refractivity contribution in [2.24, 2.45) is 5.16 Å². The SMILES string of the molecule is COc1cc(=O)c2c(=O)c3c(c(=O)c=2c1=O)=C(O)[C@]1(CCc2c1c(O)c1c(=O)[nH]c(C=NOCc4ccc(Cl)cc4)cc1c2Br)C=3O. The molecule has 1 atom stereocenters. The molecule has 0 radical (unpaired) electrons. The molecule has 0 unspecified atom stereocenters. The number of fused-ring (bicyclic) bond motifs is 4. The van der Waals surface area contributed by atoms with Gasteiger partial charge in [0.1, 0.15) is 29.3 Å². The van der Waals surface area contributed by atoms with Gasteiger partial charge in [-0.3, -0.25) is 24.0 Å². The minimum Gasteiger partial charge on any atom is -0.510 e. The number of hydrogen-bond donors (Lipinski definition) is 4. The number of benzene rings is 2. The molecule has 4 aliphatic rings. The Bertz CT molecular complexity index is 2740. The zero-order valence-electron chi connectivity index (χ0n) is 24.1. The Morgan fingerprint density at radius 1 is 0.957 bits per heavy atom. The zero-order valence-corrected chi connectivity index (χ0v) is 26.4. The summed E-state index contributed by atoms with van der Waals surface area (Å²) in [6, 6.07) is 9.27. The predicted molar refractivity (Wildman–Crippen MR) is 175 cm³/mol. The van der Waals surface area contributed by atoms with Crippen molar-refractivity contribution < 1.29 is 24.9 Å². The number of halogens is 2. The fraction of sp³-hybridized carbons (Fsp3) is 0.152. The first kappa shape index (κ1) is 30.4. The van der Waals surface area contributed by atoms with Crippen LogP contribution in [-0.4, -0.2) is 33.6 Å². The number of ether oxygens (including phenoxy) is 1. The van der Waals surface area contributed by atoms with Crippen molar-refractivity contribution in [3.8, 4) is 11.5 Å². The molecule has 7 rings (SSSR count). The standard InChI is InChI=1S/C33H20BrClN2O10/c1-46-18-9-17(38)20-21(26(18)39)28(41)23-22(27(20)40)30(43)33(31(23)44)7-6-15-24(33)29(42)19-16(25(15)34)8-14(37-32(19)45)10-36-47-11-12-2-4-13(35)5-3-12/h2-5,8-10,42-44H,6-7,11H2,1H3,(H,37,45)/t33-/m0/s1. The highest BCUT2D eigenvalue weighted by atomic mass is 79.9. The summed E-state index contributed by atoms with van der Waals surface area (Å²) in [5.41, 5.74) is -5.72. The number of methoxy groups -OCH3 is 1. The van der Waals surface area contributed by atoms with Crippen molar-refractivity contribution in [2.75, 3.05) is 7.11 Å². The Morgan fingerprint density at radius 2 is 1.62 bits per heavy atom. The molecule has 0 amide bonds. The highest BCUT2D eigenvalue weighted by Gasteiger charge is 2.53. The number of hydrogen-bond acceptors (Lipinski definition) is 11. The van der Waals surface area contributed by atoms with Gasteiger partial charge in [-0.15, -0.1) is 0 Å². The van der Waals surface area contributed by atoms with Gasteiger partial charge in [-0.25, -0.2) is 0 Å². The van der Waals surface area contributed by atoms with Crippen molar-refractivity contribution in [1.82, 2.24) is 4.98 Å². The summed E-state index contributed by atoms with van der Waals surface area (Å²) in [5, 5.41) is 36.6. The number of phenolic OH excluding ortho intramolecular Hbond substituents is 1. The van der Waals surface area contributed by atoms with Crippen LogP contribution in [0.5, 0.6) is 11.5 Å². The van der Waals surface area contributed by atoms with Gasteiger partial charge in [0.15, 0.2) is 11.2 Å². The van der Waals surface area contributed by atoms with E-state index in [9.17, 15) is 39.3 Å². The number of aromatic hydroxyl groups is 1. The van der Waals surface area contributed by atoms with Crippen LogP contribution in [0.4, 0.5) is 0 Å². The maximum Gasteiger partial charge on any atom is 0.260 e. The molecule has 1 spiro atoms. The number of H-pyrrole nitrogens is 1. The Hall–Kier alpha value is -5.27. The molecular weight excluding hydrogens is 700 g/mol. The van der Waals surface area contributed by atoms with Gasteiger partial charge in [-0.1, -0.05) is 28.9 Å². The normalized spacial score (nSPS) is 16.9. The van der Waals surface area contributed by atoms with E-state index in [2.05, 4.69) is 26.1 Å². The van der Waals surface area contributed by atoms with Crippen LogP contribution < -0.4 is 42.4 Å². The lowest BCUT2D eigenvalue weighted by molar-refractivity contribution is 0.132. The molecule has 0 bridgehead atoms. The van der Waals surface area contributed by atoms with Crippen LogP contribution in [0.3, 0.4) is 0 Å². The van der Waals surface area contributed by atoms with Crippen molar-refractivity contribution >= 4 is 56.0 Å². The minimum absolute atomic E-state index is 0.105. The van der Waals surface area contributed by atoms with Gasteiger partial charge in [-0.05, 0) is 58.1 Å². The van der Waals surface area contributed by atoms with Crippen molar-refractivity contribution in [3.63, 3.8) is 0 Å². The number of oxime groups is 1. The number of pyridine rings is 1. The van der Waals surface area contributed by atoms with E-state index in [0.717, 1.165) is 18.7 Å². The predicted octanol–water partition coefficient (Wildman–Crippen LogP) is 1.48. The second-order valence-corrected chi connectivity index (χ2v) is 12.4. The first-order valence-electron chi connectivity index (χ1n) is 14.0. The first-order valence-corrected chi connectivity index (χ1v) is 15.2. The molecule has 1 heterocycles. The summed E-state index contributed by atoms with van der Waals surface area (Å²) in [6.45, 7) is 0.138. The third kappa shape index (κ3) is 4.12. The fourth-order valence-electron chi connectivity index (χ4n) is 6.67. The van der Waals surface area contributed by atoms with Gasteiger partial charge < -0.3 is 29.9 Å². The number of nitrogens with one attached hydrogen (secondary N) is 1. The van der Waals surface area contributed by atoms with Crippen molar-refractivity contribution in [1.29, 1.82) is 0 Å². The molecule has 0 saturated heterocycles. The Morgan fingerprint density at radius 3 is 2.28 bits per heavy atom. The molecule has 12 nitrogen and oxygen atoms in total. The lowest BCUT2D eigenvalue weighted by Crippen LogP contribution is -2.51. The lowest BCUT2D eigenvalue weighted by atomic mass is 9.78. The molecule has 4 aliphatic carbocycles. The van der Waals surface area contributed by atoms with Crippen LogP contribution in [-0.2, 0) is 23.3 Å². The van der Waals surface area contributed by atoms with Crippen LogP contribution >= 0.6 is 27.5 Å². The number of aliphatic hydroxyl groups is 2. The van der Waals surface area contributed by atoms with Crippen LogP contribution in [0.25, 0.3) is 22.3 Å². The monoisotopic (exact) mass is 718 g/mol. The van der Waals surface area contributed by atoms with Crippen LogP contribution in [0, 0.1) is 10.4 Å². The molecule has 0 saturated carbocycles. The van der Waals surface area contributed by atoms with E-state index in [1.54, 1.807) is 24.3 Å². The summed E-state index contributed by atoms with van der Waals surface area (Å²) in [6.07, 6.45) is 1.26. The summed E-state index contributed by atoms with van der Waals surface area (Å²) >= 11 is 9.40. The summed E-state index contributed by atoms with van der Waals surface area (Å²) in [5.74, 6) is -2.64. The zero-order chi connectivity index (χ0) is 33.5. The Balaban J connectivity index is 1.42. The van der Waals surface area contributed by atoms with E-state index in [0.29, 0.717) is 15.1 Å². The number of nitrogens with zero attached hydrogens (tertiary/aromatic N) is 1. The molecule has 236 valence electrons. The average molecular weight is 720 g/mol. The highest BCUT2D eigenvalue weighted by molar-refractivity contribution is 9.10. The summed E-state index contributed by atoms with van der Waals surface area (Å²) in [7, 11) is 1.12. The van der Waals surface area contributed by atoms with E-state index in [1.165, 1.54) is 12.3 Å². The maximum absolute atomic E-state index is 13.7. The largest absolute Gasteiger partial charge is 0.510 e. The number of aromatic nitrogens is 1. The van der Waals surface area contributed by atoms with Crippen molar-refractivity contribution in [2.45, 2.75) is 24.9 Å². The second-order valence-electron chi connectivity index (χ2n) is 11.2. The molecule has 14 heteroatoms. The maximum atomic E-state index is 13.7. The quantitative estimate of drug-likeness (QED) is 0.153. The molecule has 47 heavy (non-hydrogen) atoms. The van der Waals surface area contributed by atoms with Gasteiger partial charge in [0.05, 0.1) is 45.3 Å². The van der Waals surface area contributed by atoms with E-state index >= 15 is 0 Å². The van der Waals surface area contributed by atoms with Gasteiger partial charge in [-0.2, -0.15) is 0 Å². The molecule has 3 aromatic rings. The fourth-order valence-corrected chi connectivity index (χ4v) is 7.50. The smallest absolute Gasteiger partial charge is 0.260 e. The van der Waals surface area contributed by atoms with E-state index in [-0.39, 0.29) is 41.5 Å². The van der Waals surface area contributed by atoms with E-state index in [1.807, 2.05) is 0 Å². The van der Waals surface area contributed by atoms with Gasteiger partial charge in [0.25, 0.3) is 5.56 Å². The molecular formula is C33H20BrClN2O10. The third-order valence-electron chi connectivity index (χ3n) is 8.79. The summed E-state index contributed by atoms with van der Waals surface area (Å²) < 4.78 is 5.25. The molecule has 0 fully saturated rings. The number of aromatic amines is 1.